The first-order chi connectivity index (χ1) is 10.1. The second-order valence-electron chi connectivity index (χ2n) is 4.84. The zero-order chi connectivity index (χ0) is 15.2. The molecule has 1 aliphatic heterocycles. The van der Waals surface area contributed by atoms with Crippen LogP contribution in [0.1, 0.15) is 29.0 Å². The van der Waals surface area contributed by atoms with E-state index >= 15 is 0 Å². The highest BCUT2D eigenvalue weighted by Crippen LogP contribution is 2.08. The van der Waals surface area contributed by atoms with E-state index in [1.54, 1.807) is 0 Å². The van der Waals surface area contributed by atoms with Gasteiger partial charge in [-0.3, -0.25) is 4.79 Å². The van der Waals surface area contributed by atoms with Crippen LogP contribution in [-0.2, 0) is 22.5 Å². The minimum Gasteiger partial charge on any atom is -0.476 e. The number of aromatic carboxylic acids is 1. The number of nitrogens with two attached hydrogens (primary N) is 1. The number of ether oxygens (including phenoxy) is 1. The summed E-state index contributed by atoms with van der Waals surface area (Å²) in [7, 11) is 0. The van der Waals surface area contributed by atoms with Gasteiger partial charge in [0.1, 0.15) is 6.54 Å². The predicted molar refractivity (Wildman–Crippen MR) is 71.7 cm³/mol. The lowest BCUT2D eigenvalue weighted by atomic mass is 10.1. The summed E-state index contributed by atoms with van der Waals surface area (Å²) in [6.07, 6.45) is 1.86. The molecule has 21 heavy (non-hydrogen) atoms. The Morgan fingerprint density at radius 3 is 2.76 bits per heavy atom. The number of carboxylic acids is 1. The zero-order valence-corrected chi connectivity index (χ0v) is 11.6. The summed E-state index contributed by atoms with van der Waals surface area (Å²) >= 11 is 0. The van der Waals surface area contributed by atoms with Crippen LogP contribution in [0.5, 0.6) is 0 Å². The van der Waals surface area contributed by atoms with Gasteiger partial charge in [0, 0.05) is 25.7 Å². The minimum absolute atomic E-state index is 0.0625. The Balaban J connectivity index is 2.00. The van der Waals surface area contributed by atoms with Crippen molar-refractivity contribution in [1.82, 2.24) is 20.3 Å². The molecule has 1 amide bonds. The van der Waals surface area contributed by atoms with Gasteiger partial charge in [-0.25, -0.2) is 9.48 Å². The Kier molecular flexibility index (Phi) is 5.23. The number of carbonyl (C=O) groups is 2. The highest BCUT2D eigenvalue weighted by atomic mass is 16.5. The van der Waals surface area contributed by atoms with Gasteiger partial charge in [0.15, 0.2) is 5.69 Å². The summed E-state index contributed by atoms with van der Waals surface area (Å²) in [6, 6.07) is 0.0895. The molecule has 1 fully saturated rings. The molecule has 2 heterocycles. The van der Waals surface area contributed by atoms with Gasteiger partial charge in [0.05, 0.1) is 5.69 Å². The van der Waals surface area contributed by atoms with Crippen molar-refractivity contribution in [3.8, 4) is 0 Å². The first-order valence-corrected chi connectivity index (χ1v) is 6.84. The van der Waals surface area contributed by atoms with Gasteiger partial charge in [0.2, 0.25) is 5.91 Å². The molecule has 116 valence electrons. The smallest absolute Gasteiger partial charge is 0.358 e. The quantitative estimate of drug-likeness (QED) is 0.599. The van der Waals surface area contributed by atoms with E-state index in [1.165, 1.54) is 4.68 Å². The summed E-state index contributed by atoms with van der Waals surface area (Å²) in [6.45, 7) is 1.47. The van der Waals surface area contributed by atoms with E-state index in [1.807, 2.05) is 0 Å². The van der Waals surface area contributed by atoms with Crippen LogP contribution in [0.2, 0.25) is 0 Å². The number of nitrogens with zero attached hydrogens (tertiary/aromatic N) is 3. The number of hydrogen-bond acceptors (Lipinski definition) is 6. The van der Waals surface area contributed by atoms with E-state index in [4.69, 9.17) is 15.6 Å². The third-order valence-corrected chi connectivity index (χ3v) is 3.30. The zero-order valence-electron chi connectivity index (χ0n) is 11.6. The highest BCUT2D eigenvalue weighted by Gasteiger charge is 2.21. The van der Waals surface area contributed by atoms with Gasteiger partial charge < -0.3 is 20.9 Å². The predicted octanol–water partition coefficient (Wildman–Crippen LogP) is -1.23. The topological polar surface area (TPSA) is 132 Å². The summed E-state index contributed by atoms with van der Waals surface area (Å²) in [4.78, 5) is 23.0. The van der Waals surface area contributed by atoms with E-state index in [2.05, 4.69) is 15.6 Å². The Labute approximate surface area is 121 Å². The molecule has 1 aliphatic rings. The second-order valence-corrected chi connectivity index (χ2v) is 4.84. The number of hydrogen-bond donors (Lipinski definition) is 3. The lowest BCUT2D eigenvalue weighted by Crippen LogP contribution is -2.40. The third kappa shape index (κ3) is 3.99. The Bertz CT molecular complexity index is 510. The molecule has 0 atom stereocenters. The van der Waals surface area contributed by atoms with Crippen LogP contribution >= 0.6 is 0 Å². The van der Waals surface area contributed by atoms with Crippen LogP contribution in [0.3, 0.4) is 0 Å². The van der Waals surface area contributed by atoms with Gasteiger partial charge in [0.25, 0.3) is 0 Å². The molecular formula is C12H19N5O4. The van der Waals surface area contributed by atoms with Gasteiger partial charge in [-0.05, 0) is 19.4 Å². The van der Waals surface area contributed by atoms with Gasteiger partial charge >= 0.3 is 5.97 Å². The highest BCUT2D eigenvalue weighted by molar-refractivity contribution is 5.86. The number of carbonyl (C=O) groups excluding carboxylic acids is 1. The van der Waals surface area contributed by atoms with Crippen molar-refractivity contribution in [3.63, 3.8) is 0 Å². The van der Waals surface area contributed by atoms with Crippen molar-refractivity contribution < 1.29 is 19.4 Å². The molecular weight excluding hydrogens is 278 g/mol. The van der Waals surface area contributed by atoms with Crippen LogP contribution in [0, 0.1) is 0 Å². The van der Waals surface area contributed by atoms with Crippen molar-refractivity contribution in [3.05, 3.63) is 11.4 Å². The Morgan fingerprint density at radius 1 is 1.43 bits per heavy atom. The van der Waals surface area contributed by atoms with Gasteiger partial charge in [-0.2, -0.15) is 0 Å². The number of nitrogens with one attached hydrogen (secondary N) is 1. The summed E-state index contributed by atoms with van der Waals surface area (Å²) in [5.74, 6) is -1.39. The van der Waals surface area contributed by atoms with Crippen molar-refractivity contribution >= 4 is 11.9 Å². The molecule has 1 saturated heterocycles. The van der Waals surface area contributed by atoms with Crippen LogP contribution < -0.4 is 11.1 Å². The first kappa shape index (κ1) is 15.4. The molecule has 4 N–H and O–H groups in total. The maximum Gasteiger partial charge on any atom is 0.358 e. The number of aromatic nitrogens is 3. The molecule has 2 rings (SSSR count). The molecule has 0 unspecified atom stereocenters. The first-order valence-electron chi connectivity index (χ1n) is 6.84. The fourth-order valence-electron chi connectivity index (χ4n) is 2.26. The molecule has 1 aromatic heterocycles. The second kappa shape index (κ2) is 7.14. The van der Waals surface area contributed by atoms with E-state index in [9.17, 15) is 9.59 Å². The van der Waals surface area contributed by atoms with E-state index in [0.29, 0.717) is 25.3 Å². The summed E-state index contributed by atoms with van der Waals surface area (Å²) in [5, 5.41) is 19.2. The molecule has 1 aromatic rings. The maximum absolute atomic E-state index is 12.0. The molecule has 0 radical (unpaired) electrons. The molecule has 9 nitrogen and oxygen atoms in total. The monoisotopic (exact) mass is 297 g/mol. The largest absolute Gasteiger partial charge is 0.476 e. The SMILES string of the molecule is NCCc1c(C(=O)O)nnn1CC(=O)NC1CCOCC1. The normalized spacial score (nSPS) is 15.9. The number of rotatable bonds is 6. The molecule has 0 aliphatic carbocycles. The average molecular weight is 297 g/mol. The number of carboxylic acid groups (broad SMARTS) is 1. The summed E-state index contributed by atoms with van der Waals surface area (Å²) in [5.41, 5.74) is 5.68. The third-order valence-electron chi connectivity index (χ3n) is 3.30. The van der Waals surface area contributed by atoms with Crippen molar-refractivity contribution in [2.24, 2.45) is 5.73 Å². The number of amides is 1. The molecule has 0 bridgehead atoms. The lowest BCUT2D eigenvalue weighted by Gasteiger charge is -2.23. The average Bonchev–Trinajstić information content (AvgIpc) is 2.83. The lowest BCUT2D eigenvalue weighted by molar-refractivity contribution is -0.123. The molecule has 0 spiro atoms. The molecule has 9 heteroatoms. The van der Waals surface area contributed by atoms with Gasteiger partial charge in [-0.15, -0.1) is 5.10 Å². The van der Waals surface area contributed by atoms with Gasteiger partial charge in [-0.1, -0.05) is 5.21 Å². The van der Waals surface area contributed by atoms with Crippen molar-refractivity contribution in [2.75, 3.05) is 19.8 Å². The maximum atomic E-state index is 12.0. The fourth-order valence-corrected chi connectivity index (χ4v) is 2.26. The van der Waals surface area contributed by atoms with Crippen molar-refractivity contribution in [1.29, 1.82) is 0 Å². The summed E-state index contributed by atoms with van der Waals surface area (Å²) < 4.78 is 6.52. The Hall–Kier alpha value is -2.00. The van der Waals surface area contributed by atoms with E-state index in [-0.39, 0.29) is 30.7 Å². The minimum atomic E-state index is -1.17. The van der Waals surface area contributed by atoms with Crippen molar-refractivity contribution in [2.45, 2.75) is 31.8 Å². The molecule has 0 aromatic carbocycles. The Morgan fingerprint density at radius 2 is 2.14 bits per heavy atom. The van der Waals surface area contributed by atoms with Crippen LogP contribution in [0.4, 0.5) is 0 Å². The standard InChI is InChI=1S/C12H19N5O4/c13-4-1-9-11(12(19)20)15-16-17(9)7-10(18)14-8-2-5-21-6-3-8/h8H,1-7,13H2,(H,14,18)(H,19,20). The van der Waals surface area contributed by atoms with E-state index < -0.39 is 5.97 Å². The van der Waals surface area contributed by atoms with Crippen LogP contribution in [0.25, 0.3) is 0 Å². The fraction of sp³-hybridized carbons (Fsp3) is 0.667. The van der Waals surface area contributed by atoms with Crippen LogP contribution in [-0.4, -0.2) is 57.8 Å². The van der Waals surface area contributed by atoms with Crippen LogP contribution in [0.15, 0.2) is 0 Å². The van der Waals surface area contributed by atoms with E-state index in [0.717, 1.165) is 12.8 Å². The molecule has 0 saturated carbocycles.